The van der Waals surface area contributed by atoms with Crippen LogP contribution in [-0.2, 0) is 6.54 Å². The van der Waals surface area contributed by atoms with Crippen LogP contribution >= 0.6 is 0 Å². The molecule has 90 valence electrons. The monoisotopic (exact) mass is 229 g/mol. The Morgan fingerprint density at radius 3 is 2.94 bits per heavy atom. The molecule has 3 nitrogen and oxygen atoms in total. The third-order valence-corrected chi connectivity index (χ3v) is 3.72. The summed E-state index contributed by atoms with van der Waals surface area (Å²) in [5.74, 6) is 1.93. The highest BCUT2D eigenvalue weighted by molar-refractivity contribution is 5.47. The van der Waals surface area contributed by atoms with Gasteiger partial charge >= 0.3 is 0 Å². The fourth-order valence-electron chi connectivity index (χ4n) is 2.85. The molecule has 0 aromatic carbocycles. The number of fused-ring (bicyclic) bond motifs is 1. The van der Waals surface area contributed by atoms with E-state index >= 15 is 0 Å². The van der Waals surface area contributed by atoms with Gasteiger partial charge < -0.3 is 9.72 Å². The van der Waals surface area contributed by atoms with E-state index < -0.39 is 0 Å². The summed E-state index contributed by atoms with van der Waals surface area (Å²) < 4.78 is 2.28. The van der Waals surface area contributed by atoms with Crippen molar-refractivity contribution in [3.8, 4) is 0 Å². The second kappa shape index (κ2) is 4.49. The number of nitrogens with one attached hydrogen (secondary N) is 1. The van der Waals surface area contributed by atoms with Gasteiger partial charge in [0.1, 0.15) is 5.82 Å². The molecule has 3 heteroatoms. The van der Waals surface area contributed by atoms with Crippen molar-refractivity contribution in [2.75, 3.05) is 7.05 Å². The van der Waals surface area contributed by atoms with Crippen molar-refractivity contribution in [3.63, 3.8) is 0 Å². The fraction of sp³-hybridized carbons (Fsp3) is 0.500. The van der Waals surface area contributed by atoms with E-state index in [4.69, 9.17) is 0 Å². The van der Waals surface area contributed by atoms with Gasteiger partial charge in [-0.25, -0.2) is 4.98 Å². The van der Waals surface area contributed by atoms with Crippen molar-refractivity contribution in [1.82, 2.24) is 14.7 Å². The molecule has 1 aliphatic rings. The summed E-state index contributed by atoms with van der Waals surface area (Å²) in [5.41, 5.74) is 2.53. The van der Waals surface area contributed by atoms with Gasteiger partial charge in [-0.3, -0.25) is 0 Å². The van der Waals surface area contributed by atoms with E-state index in [1.807, 2.05) is 13.2 Å². The van der Waals surface area contributed by atoms with Gasteiger partial charge in [-0.05, 0) is 31.5 Å². The van der Waals surface area contributed by atoms with E-state index in [0.717, 1.165) is 6.54 Å². The van der Waals surface area contributed by atoms with Crippen LogP contribution in [0, 0.1) is 0 Å². The summed E-state index contributed by atoms with van der Waals surface area (Å²) in [6.07, 6.45) is 9.54. The number of hydrogen-bond donors (Lipinski definition) is 1. The first-order valence-corrected chi connectivity index (χ1v) is 6.49. The SMILES string of the molecule is CNCc1ccc2cnc(C3CCCC3)n2c1. The highest BCUT2D eigenvalue weighted by atomic mass is 15.0. The van der Waals surface area contributed by atoms with E-state index in [1.54, 1.807) is 0 Å². The van der Waals surface area contributed by atoms with E-state index in [0.29, 0.717) is 5.92 Å². The molecule has 1 aliphatic carbocycles. The first kappa shape index (κ1) is 10.8. The molecule has 2 aromatic heterocycles. The second-order valence-electron chi connectivity index (χ2n) is 4.96. The van der Waals surface area contributed by atoms with Crippen LogP contribution in [0.1, 0.15) is 43.0 Å². The van der Waals surface area contributed by atoms with Crippen molar-refractivity contribution in [1.29, 1.82) is 0 Å². The lowest BCUT2D eigenvalue weighted by molar-refractivity contribution is 0.663. The molecule has 3 rings (SSSR count). The molecule has 1 fully saturated rings. The van der Waals surface area contributed by atoms with E-state index in [-0.39, 0.29) is 0 Å². The summed E-state index contributed by atoms with van der Waals surface area (Å²) in [4.78, 5) is 4.62. The average Bonchev–Trinajstić information content (AvgIpc) is 2.96. The summed E-state index contributed by atoms with van der Waals surface area (Å²) >= 11 is 0. The zero-order valence-corrected chi connectivity index (χ0v) is 10.3. The fourth-order valence-corrected chi connectivity index (χ4v) is 2.85. The molecule has 0 amide bonds. The van der Waals surface area contributed by atoms with Gasteiger partial charge in [-0.15, -0.1) is 0 Å². The first-order chi connectivity index (χ1) is 8.38. The van der Waals surface area contributed by atoms with Crippen LogP contribution in [0.25, 0.3) is 5.52 Å². The highest BCUT2D eigenvalue weighted by Gasteiger charge is 2.21. The van der Waals surface area contributed by atoms with Gasteiger partial charge in [-0.2, -0.15) is 0 Å². The summed E-state index contributed by atoms with van der Waals surface area (Å²) in [5, 5.41) is 3.20. The van der Waals surface area contributed by atoms with Gasteiger partial charge in [0.05, 0.1) is 11.7 Å². The largest absolute Gasteiger partial charge is 0.316 e. The van der Waals surface area contributed by atoms with Crippen LogP contribution in [0.4, 0.5) is 0 Å². The van der Waals surface area contributed by atoms with Crippen molar-refractivity contribution >= 4 is 5.52 Å². The lowest BCUT2D eigenvalue weighted by Crippen LogP contribution is -2.07. The molecule has 0 radical (unpaired) electrons. The number of nitrogens with zero attached hydrogens (tertiary/aromatic N) is 2. The van der Waals surface area contributed by atoms with Gasteiger partial charge in [0.25, 0.3) is 0 Å². The Balaban J connectivity index is 2.02. The van der Waals surface area contributed by atoms with Crippen molar-refractivity contribution in [2.24, 2.45) is 0 Å². The quantitative estimate of drug-likeness (QED) is 0.877. The molecule has 0 spiro atoms. The highest BCUT2D eigenvalue weighted by Crippen LogP contribution is 2.33. The number of rotatable bonds is 3. The van der Waals surface area contributed by atoms with Gasteiger partial charge in [0.15, 0.2) is 0 Å². The van der Waals surface area contributed by atoms with Crippen LogP contribution in [0.3, 0.4) is 0 Å². The van der Waals surface area contributed by atoms with Crippen LogP contribution < -0.4 is 5.32 Å². The Morgan fingerprint density at radius 2 is 2.18 bits per heavy atom. The van der Waals surface area contributed by atoms with Crippen molar-refractivity contribution < 1.29 is 0 Å². The molecule has 1 saturated carbocycles. The Kier molecular flexibility index (Phi) is 2.85. The molecular formula is C14H19N3. The maximum Gasteiger partial charge on any atom is 0.116 e. The van der Waals surface area contributed by atoms with Crippen molar-refractivity contribution in [2.45, 2.75) is 38.1 Å². The third kappa shape index (κ3) is 1.95. The molecule has 0 bridgehead atoms. The molecule has 0 saturated heterocycles. The summed E-state index contributed by atoms with van der Waals surface area (Å²) in [6.45, 7) is 0.915. The number of pyridine rings is 1. The average molecular weight is 229 g/mol. The molecule has 2 heterocycles. The summed E-state index contributed by atoms with van der Waals surface area (Å²) in [6, 6.07) is 4.34. The van der Waals surface area contributed by atoms with E-state index in [2.05, 4.69) is 33.0 Å². The zero-order chi connectivity index (χ0) is 11.7. The maximum absolute atomic E-state index is 4.62. The molecule has 2 aromatic rings. The van der Waals surface area contributed by atoms with Crippen molar-refractivity contribution in [3.05, 3.63) is 35.9 Å². The minimum absolute atomic E-state index is 0.669. The van der Waals surface area contributed by atoms with E-state index in [1.165, 1.54) is 42.6 Å². The van der Waals surface area contributed by atoms with Gasteiger partial charge in [0.2, 0.25) is 0 Å². The molecule has 0 unspecified atom stereocenters. The second-order valence-corrected chi connectivity index (χ2v) is 4.96. The number of imidazole rings is 1. The Morgan fingerprint density at radius 1 is 1.35 bits per heavy atom. The van der Waals surface area contributed by atoms with Gasteiger partial charge in [0, 0.05) is 18.7 Å². The standard InChI is InChI=1S/C14H19N3/c1-15-8-11-6-7-13-9-16-14(17(13)10-11)12-4-2-3-5-12/h6-7,9-10,12,15H,2-5,8H2,1H3. The molecule has 0 aliphatic heterocycles. The van der Waals surface area contributed by atoms with Gasteiger partial charge in [-0.1, -0.05) is 18.9 Å². The molecular weight excluding hydrogens is 210 g/mol. The lowest BCUT2D eigenvalue weighted by atomic mass is 10.1. The predicted octanol–water partition coefficient (Wildman–Crippen LogP) is 2.71. The molecule has 0 atom stereocenters. The van der Waals surface area contributed by atoms with Crippen LogP contribution in [0.15, 0.2) is 24.5 Å². The van der Waals surface area contributed by atoms with Crippen LogP contribution in [-0.4, -0.2) is 16.4 Å². The predicted molar refractivity (Wildman–Crippen MR) is 69.2 cm³/mol. The summed E-state index contributed by atoms with van der Waals surface area (Å²) in [7, 11) is 1.98. The van der Waals surface area contributed by atoms with Crippen LogP contribution in [0.2, 0.25) is 0 Å². The molecule has 1 N–H and O–H groups in total. The Bertz CT molecular complexity index is 509. The van der Waals surface area contributed by atoms with Crippen LogP contribution in [0.5, 0.6) is 0 Å². The molecule has 17 heavy (non-hydrogen) atoms. The number of hydrogen-bond acceptors (Lipinski definition) is 2. The zero-order valence-electron chi connectivity index (χ0n) is 10.3. The Hall–Kier alpha value is -1.35. The minimum Gasteiger partial charge on any atom is -0.316 e. The lowest BCUT2D eigenvalue weighted by Gasteiger charge is -2.09. The topological polar surface area (TPSA) is 29.3 Å². The minimum atomic E-state index is 0.669. The number of aromatic nitrogens is 2. The first-order valence-electron chi connectivity index (χ1n) is 6.49. The Labute approximate surface area is 102 Å². The normalized spacial score (nSPS) is 17.0. The third-order valence-electron chi connectivity index (χ3n) is 3.72. The maximum atomic E-state index is 4.62. The van der Waals surface area contributed by atoms with E-state index in [9.17, 15) is 0 Å². The smallest absolute Gasteiger partial charge is 0.116 e.